The zero-order valence-corrected chi connectivity index (χ0v) is 41.3. The van der Waals surface area contributed by atoms with Crippen molar-refractivity contribution in [1.29, 1.82) is 0 Å². The lowest BCUT2D eigenvalue weighted by Gasteiger charge is -2.23. The van der Waals surface area contributed by atoms with E-state index in [2.05, 4.69) is 6.92 Å². The lowest BCUT2D eigenvalue weighted by molar-refractivity contribution is -0.115. The summed E-state index contributed by atoms with van der Waals surface area (Å²) in [7, 11) is 0. The Morgan fingerprint density at radius 3 is 0.541 bits per heavy atom. The smallest absolute Gasteiger partial charge is 0.0781 e. The van der Waals surface area contributed by atoms with Crippen molar-refractivity contribution in [3.8, 4) is 0 Å². The van der Waals surface area contributed by atoms with Crippen molar-refractivity contribution in [2.45, 2.75) is 202 Å². The van der Waals surface area contributed by atoms with Crippen molar-refractivity contribution < 1.29 is 71.4 Å². The molecular weight excluding hydrogens is 792 g/mol. The summed E-state index contributed by atoms with van der Waals surface area (Å²) in [5.74, 6) is 0. The molecule has 0 spiro atoms. The van der Waals surface area contributed by atoms with Gasteiger partial charge < -0.3 is 71.4 Å². The molecule has 1 N–H and O–H groups in total. The van der Waals surface area contributed by atoms with Crippen LogP contribution in [0, 0.1) is 0 Å². The normalized spacial score (nSPS) is 19.3. The van der Waals surface area contributed by atoms with Gasteiger partial charge in [0.2, 0.25) is 0 Å². The lowest BCUT2D eigenvalue weighted by Crippen LogP contribution is -2.31. The van der Waals surface area contributed by atoms with Crippen molar-refractivity contribution in [3.63, 3.8) is 0 Å². The fourth-order valence-corrected chi connectivity index (χ4v) is 5.00. The number of unbranched alkanes of at least 4 members (excludes halogenated alkanes) is 1. The summed E-state index contributed by atoms with van der Waals surface area (Å²) in [5, 5.41) is 9.06. The number of aliphatic hydroxyl groups is 1. The van der Waals surface area contributed by atoms with E-state index >= 15 is 0 Å². The maximum absolute atomic E-state index is 9.06. The number of ether oxygens (including phenoxy) is 14. The SMILES string of the molecule is CCCCOC(C)COC(C)COC(C)COC(C)COC(C)COC(C)COC(C)COC(C)COC(C)COC(C)COC(C)COC(C)COC(C)COC(C)CO. The van der Waals surface area contributed by atoms with Crippen molar-refractivity contribution in [1.82, 2.24) is 0 Å². The molecule has 0 rings (SSSR count). The van der Waals surface area contributed by atoms with Crippen molar-refractivity contribution in [2.24, 2.45) is 0 Å². The summed E-state index contributed by atoms with van der Waals surface area (Å²) < 4.78 is 82.3. The molecule has 15 nitrogen and oxygen atoms in total. The van der Waals surface area contributed by atoms with Gasteiger partial charge in [0.25, 0.3) is 0 Å². The van der Waals surface area contributed by atoms with E-state index in [9.17, 15) is 0 Å². The van der Waals surface area contributed by atoms with Crippen LogP contribution in [0.2, 0.25) is 0 Å². The maximum Gasteiger partial charge on any atom is 0.0781 e. The van der Waals surface area contributed by atoms with E-state index in [0.29, 0.717) is 85.9 Å². The first-order valence-corrected chi connectivity index (χ1v) is 23.2. The van der Waals surface area contributed by atoms with Crippen molar-refractivity contribution >= 4 is 0 Å². The van der Waals surface area contributed by atoms with E-state index in [1.807, 2.05) is 96.9 Å². The number of hydrogen-bond acceptors (Lipinski definition) is 15. The average molecular weight is 887 g/mol. The first kappa shape index (κ1) is 60.4. The maximum atomic E-state index is 9.06. The Bertz CT molecular complexity index is 953. The third kappa shape index (κ3) is 38.4. The molecule has 0 aromatic heterocycles. The highest BCUT2D eigenvalue weighted by Crippen LogP contribution is 2.08. The van der Waals surface area contributed by atoms with Gasteiger partial charge in [0.15, 0.2) is 0 Å². The van der Waals surface area contributed by atoms with Gasteiger partial charge in [0, 0.05) is 6.61 Å². The van der Waals surface area contributed by atoms with Crippen LogP contribution in [0.3, 0.4) is 0 Å². The van der Waals surface area contributed by atoms with Gasteiger partial charge in [-0.15, -0.1) is 0 Å². The predicted molar refractivity (Wildman–Crippen MR) is 238 cm³/mol. The average Bonchev–Trinajstić information content (AvgIpc) is 3.24. The van der Waals surface area contributed by atoms with Crippen LogP contribution < -0.4 is 0 Å². The molecule has 61 heavy (non-hydrogen) atoms. The van der Waals surface area contributed by atoms with Gasteiger partial charge in [0.05, 0.1) is 178 Å². The van der Waals surface area contributed by atoms with Crippen LogP contribution in [0.5, 0.6) is 0 Å². The van der Waals surface area contributed by atoms with Gasteiger partial charge >= 0.3 is 0 Å². The second-order valence-electron chi connectivity index (χ2n) is 17.1. The zero-order valence-electron chi connectivity index (χ0n) is 41.3. The largest absolute Gasteiger partial charge is 0.394 e. The molecule has 0 heterocycles. The van der Waals surface area contributed by atoms with Crippen LogP contribution in [0.4, 0.5) is 0 Å². The minimum atomic E-state index is -0.199. The van der Waals surface area contributed by atoms with Crippen LogP contribution >= 0.6 is 0 Å². The summed E-state index contributed by atoms with van der Waals surface area (Å²) in [6.07, 6.45) is 1.13. The molecule has 0 saturated carbocycles. The molecule has 15 heteroatoms. The van der Waals surface area contributed by atoms with Crippen LogP contribution in [0.1, 0.15) is 117 Å². The predicted octanol–water partition coefficient (Wildman–Crippen LogP) is 6.45. The first-order chi connectivity index (χ1) is 28.9. The Balaban J connectivity index is 3.97. The van der Waals surface area contributed by atoms with Gasteiger partial charge in [-0.2, -0.15) is 0 Å². The summed E-state index contributed by atoms with van der Waals surface area (Å²) in [6, 6.07) is 0. The third-order valence-corrected chi connectivity index (χ3v) is 9.16. The topological polar surface area (TPSA) is 149 Å². The van der Waals surface area contributed by atoms with Gasteiger partial charge in [0.1, 0.15) is 0 Å². The highest BCUT2D eigenvalue weighted by molar-refractivity contribution is 4.62. The molecular formula is C46H94O15. The zero-order chi connectivity index (χ0) is 46.0. The Morgan fingerprint density at radius 2 is 0.393 bits per heavy atom. The molecule has 0 bridgehead atoms. The molecule has 14 atom stereocenters. The van der Waals surface area contributed by atoms with Gasteiger partial charge in [-0.05, 0) is 103 Å². The van der Waals surface area contributed by atoms with Crippen molar-refractivity contribution in [2.75, 3.05) is 99.1 Å². The van der Waals surface area contributed by atoms with E-state index in [1.54, 1.807) is 0 Å². The minimum absolute atomic E-state index is 0.00758. The van der Waals surface area contributed by atoms with Gasteiger partial charge in [-0.3, -0.25) is 0 Å². The van der Waals surface area contributed by atoms with Crippen LogP contribution in [-0.4, -0.2) is 190 Å². The molecule has 0 aromatic rings. The Hall–Kier alpha value is -0.600. The molecule has 0 radical (unpaired) electrons. The van der Waals surface area contributed by atoms with E-state index < -0.39 is 0 Å². The fourth-order valence-electron chi connectivity index (χ4n) is 5.00. The van der Waals surface area contributed by atoms with Gasteiger partial charge in [-0.1, -0.05) is 13.3 Å². The van der Waals surface area contributed by atoms with E-state index in [0.717, 1.165) is 19.4 Å². The molecule has 368 valence electrons. The van der Waals surface area contributed by atoms with E-state index in [4.69, 9.17) is 71.4 Å². The number of hydrogen-bond donors (Lipinski definition) is 1. The third-order valence-electron chi connectivity index (χ3n) is 9.16. The Kier molecular flexibility index (Phi) is 38.3. The summed E-state index contributed by atoms with van der Waals surface area (Å²) in [4.78, 5) is 0. The quantitative estimate of drug-likeness (QED) is 0.0668. The Labute approximate surface area is 372 Å². The highest BCUT2D eigenvalue weighted by atomic mass is 16.6. The fraction of sp³-hybridized carbons (Fsp3) is 1.00. The monoisotopic (exact) mass is 887 g/mol. The van der Waals surface area contributed by atoms with Gasteiger partial charge in [-0.25, -0.2) is 0 Å². The summed E-state index contributed by atoms with van der Waals surface area (Å²) in [6.45, 7) is 36.6. The number of aliphatic hydroxyl groups excluding tert-OH is 1. The first-order valence-electron chi connectivity index (χ1n) is 23.2. The standard InChI is InChI=1S/C46H94O15/c1-16-17-18-48-34(3)20-50-36(5)22-52-38(7)24-54-40(9)26-56-42(11)28-58-44(13)30-60-46(15)32-61-45(14)31-59-43(12)29-57-41(10)27-55-39(8)25-53-37(6)23-51-35(4)21-49-33(2)19-47/h33-47H,16-32H2,1-15H3. The van der Waals surface area contributed by atoms with Crippen molar-refractivity contribution in [3.05, 3.63) is 0 Å². The molecule has 0 aliphatic carbocycles. The lowest BCUT2D eigenvalue weighted by atomic mass is 10.3. The molecule has 0 amide bonds. The second-order valence-corrected chi connectivity index (χ2v) is 17.1. The summed E-state index contributed by atoms with van der Waals surface area (Å²) >= 11 is 0. The second kappa shape index (κ2) is 38.6. The van der Waals surface area contributed by atoms with Crippen LogP contribution in [0.25, 0.3) is 0 Å². The minimum Gasteiger partial charge on any atom is -0.394 e. The molecule has 0 aromatic carbocycles. The van der Waals surface area contributed by atoms with Crippen LogP contribution in [-0.2, 0) is 66.3 Å². The Morgan fingerprint density at radius 1 is 0.246 bits per heavy atom. The molecule has 0 fully saturated rings. The summed E-state index contributed by atoms with van der Waals surface area (Å²) in [5.41, 5.74) is 0. The molecule has 0 aliphatic rings. The molecule has 0 saturated heterocycles. The number of rotatable bonds is 44. The van der Waals surface area contributed by atoms with E-state index in [1.165, 1.54) is 0 Å². The van der Waals surface area contributed by atoms with Crippen LogP contribution in [0.15, 0.2) is 0 Å². The molecule has 14 unspecified atom stereocenters. The molecule has 0 aliphatic heterocycles. The van der Waals surface area contributed by atoms with E-state index in [-0.39, 0.29) is 92.1 Å². The highest BCUT2D eigenvalue weighted by Gasteiger charge is 2.17.